The van der Waals surface area contributed by atoms with Gasteiger partial charge in [0, 0.05) is 31.6 Å². The van der Waals surface area contributed by atoms with Crippen LogP contribution in [0.1, 0.15) is 39.9 Å². The summed E-state index contributed by atoms with van der Waals surface area (Å²) in [5.74, 6) is -0.219. The van der Waals surface area contributed by atoms with Crippen LogP contribution in [0.2, 0.25) is 0 Å². The Morgan fingerprint density at radius 2 is 2.15 bits per heavy atom. The second-order valence-electron chi connectivity index (χ2n) is 6.85. The highest BCUT2D eigenvalue weighted by molar-refractivity contribution is 6.06. The van der Waals surface area contributed by atoms with E-state index in [1.165, 1.54) is 6.26 Å². The number of nitrogens with one attached hydrogen (secondary N) is 1. The van der Waals surface area contributed by atoms with Gasteiger partial charge < -0.3 is 14.6 Å². The largest absolute Gasteiger partial charge is 0.463 e. The van der Waals surface area contributed by atoms with E-state index in [1.807, 2.05) is 37.3 Å². The fraction of sp³-hybridized carbons (Fsp3) is 0.350. The van der Waals surface area contributed by atoms with Gasteiger partial charge in [-0.1, -0.05) is 25.1 Å². The van der Waals surface area contributed by atoms with Crippen molar-refractivity contribution in [3.63, 3.8) is 0 Å². The van der Waals surface area contributed by atoms with E-state index in [2.05, 4.69) is 10.4 Å². The van der Waals surface area contributed by atoms with Gasteiger partial charge in [-0.2, -0.15) is 5.10 Å². The van der Waals surface area contributed by atoms with Crippen LogP contribution >= 0.6 is 0 Å². The zero-order chi connectivity index (χ0) is 19.0. The summed E-state index contributed by atoms with van der Waals surface area (Å²) in [7, 11) is 1.77. The Balaban J connectivity index is 1.43. The van der Waals surface area contributed by atoms with Gasteiger partial charge in [-0.3, -0.25) is 14.3 Å². The molecule has 7 nitrogen and oxygen atoms in total. The summed E-state index contributed by atoms with van der Waals surface area (Å²) >= 11 is 0. The molecule has 1 fully saturated rings. The predicted octanol–water partition coefficient (Wildman–Crippen LogP) is 2.37. The van der Waals surface area contributed by atoms with E-state index < -0.39 is 0 Å². The van der Waals surface area contributed by atoms with E-state index in [-0.39, 0.29) is 17.9 Å². The zero-order valence-electron chi connectivity index (χ0n) is 15.4. The number of fused-ring (bicyclic) bond motifs is 1. The first-order valence-electron chi connectivity index (χ1n) is 9.16. The number of aryl methyl sites for hydroxylation is 2. The maximum atomic E-state index is 12.9. The number of nitrogens with zero attached hydrogens (tertiary/aromatic N) is 3. The molecular formula is C20H22N4O3. The van der Waals surface area contributed by atoms with Crippen LogP contribution in [-0.4, -0.2) is 45.6 Å². The van der Waals surface area contributed by atoms with Crippen molar-refractivity contribution in [2.45, 2.75) is 25.8 Å². The molecule has 2 amide bonds. The summed E-state index contributed by atoms with van der Waals surface area (Å²) in [5.41, 5.74) is 2.69. The number of hydrogen-bond donors (Lipinski definition) is 1. The van der Waals surface area contributed by atoms with Crippen molar-refractivity contribution in [2.24, 2.45) is 7.05 Å². The van der Waals surface area contributed by atoms with Crippen LogP contribution in [0.5, 0.6) is 0 Å². The van der Waals surface area contributed by atoms with E-state index >= 15 is 0 Å². The van der Waals surface area contributed by atoms with Crippen LogP contribution in [0.4, 0.5) is 0 Å². The number of aromatic nitrogens is 2. The van der Waals surface area contributed by atoms with Crippen LogP contribution in [0.25, 0.3) is 11.0 Å². The summed E-state index contributed by atoms with van der Waals surface area (Å²) in [6.07, 6.45) is 3.03. The van der Waals surface area contributed by atoms with Crippen molar-refractivity contribution in [3.8, 4) is 0 Å². The Morgan fingerprint density at radius 1 is 1.33 bits per heavy atom. The van der Waals surface area contributed by atoms with Crippen LogP contribution < -0.4 is 5.32 Å². The third-order valence-corrected chi connectivity index (χ3v) is 5.05. The van der Waals surface area contributed by atoms with E-state index in [0.29, 0.717) is 29.9 Å². The smallest absolute Gasteiger partial charge is 0.269 e. The SMILES string of the molecule is CCc1cc(C(=O)N[C@@H]2CCN(C(=O)c3coc4ccccc34)C2)n(C)n1. The fourth-order valence-corrected chi connectivity index (χ4v) is 3.55. The maximum absolute atomic E-state index is 12.9. The number of hydrogen-bond acceptors (Lipinski definition) is 4. The molecule has 7 heteroatoms. The first-order chi connectivity index (χ1) is 13.1. The normalized spacial score (nSPS) is 16.8. The zero-order valence-corrected chi connectivity index (χ0v) is 15.4. The molecule has 0 aliphatic carbocycles. The van der Waals surface area contributed by atoms with Gasteiger partial charge in [-0.15, -0.1) is 0 Å². The Kier molecular flexibility index (Phi) is 4.43. The molecule has 27 heavy (non-hydrogen) atoms. The van der Waals surface area contributed by atoms with Gasteiger partial charge in [-0.25, -0.2) is 0 Å². The minimum atomic E-state index is -0.155. The summed E-state index contributed by atoms with van der Waals surface area (Å²) in [5, 5.41) is 8.15. The summed E-state index contributed by atoms with van der Waals surface area (Å²) < 4.78 is 7.08. The lowest BCUT2D eigenvalue weighted by atomic mass is 10.1. The molecular weight excluding hydrogens is 344 g/mol. The Hall–Kier alpha value is -3.09. The minimum Gasteiger partial charge on any atom is -0.463 e. The number of furan rings is 1. The lowest BCUT2D eigenvalue weighted by molar-refractivity contribution is 0.0783. The van der Waals surface area contributed by atoms with E-state index in [1.54, 1.807) is 16.6 Å². The highest BCUT2D eigenvalue weighted by atomic mass is 16.3. The number of likely N-dealkylation sites (tertiary alicyclic amines) is 1. The molecule has 0 radical (unpaired) electrons. The first kappa shape index (κ1) is 17.3. The Bertz CT molecular complexity index is 1000. The number of carbonyl (C=O) groups is 2. The van der Waals surface area contributed by atoms with Crippen LogP contribution in [0.3, 0.4) is 0 Å². The highest BCUT2D eigenvalue weighted by Gasteiger charge is 2.30. The van der Waals surface area contributed by atoms with Gasteiger partial charge in [-0.05, 0) is 25.0 Å². The van der Waals surface area contributed by atoms with Gasteiger partial charge >= 0.3 is 0 Å². The molecule has 4 rings (SSSR count). The average Bonchev–Trinajstić information content (AvgIpc) is 3.39. The molecule has 3 heterocycles. The highest BCUT2D eigenvalue weighted by Crippen LogP contribution is 2.23. The molecule has 0 spiro atoms. The minimum absolute atomic E-state index is 0.0644. The quantitative estimate of drug-likeness (QED) is 0.769. The van der Waals surface area contributed by atoms with Crippen molar-refractivity contribution >= 4 is 22.8 Å². The Labute approximate surface area is 156 Å². The summed E-state index contributed by atoms with van der Waals surface area (Å²) in [6, 6.07) is 9.24. The molecule has 1 aliphatic heterocycles. The van der Waals surface area contributed by atoms with Gasteiger partial charge in [0.25, 0.3) is 11.8 Å². The molecule has 1 atom stereocenters. The Morgan fingerprint density at radius 3 is 2.93 bits per heavy atom. The van der Waals surface area contributed by atoms with Gasteiger partial charge in [0.15, 0.2) is 0 Å². The molecule has 1 N–H and O–H groups in total. The molecule has 1 aromatic carbocycles. The second kappa shape index (κ2) is 6.90. The molecule has 3 aromatic rings. The summed E-state index contributed by atoms with van der Waals surface area (Å²) in [4.78, 5) is 27.2. The fourth-order valence-electron chi connectivity index (χ4n) is 3.55. The molecule has 2 aromatic heterocycles. The first-order valence-corrected chi connectivity index (χ1v) is 9.16. The van der Waals surface area contributed by atoms with Crippen LogP contribution in [-0.2, 0) is 13.5 Å². The van der Waals surface area contributed by atoms with Crippen molar-refractivity contribution in [2.75, 3.05) is 13.1 Å². The number of benzene rings is 1. The molecule has 0 saturated carbocycles. The lowest BCUT2D eigenvalue weighted by Crippen LogP contribution is -2.39. The second-order valence-corrected chi connectivity index (χ2v) is 6.85. The number of amides is 2. The van der Waals surface area contributed by atoms with Crippen LogP contribution in [0.15, 0.2) is 41.0 Å². The molecule has 1 saturated heterocycles. The monoisotopic (exact) mass is 366 g/mol. The molecule has 0 bridgehead atoms. The van der Waals surface area contributed by atoms with Crippen molar-refractivity contribution < 1.29 is 14.0 Å². The lowest BCUT2D eigenvalue weighted by Gasteiger charge is -2.16. The van der Waals surface area contributed by atoms with Gasteiger partial charge in [0.1, 0.15) is 17.5 Å². The third kappa shape index (κ3) is 3.20. The molecule has 140 valence electrons. The van der Waals surface area contributed by atoms with Crippen molar-refractivity contribution in [3.05, 3.63) is 53.5 Å². The standard InChI is InChI=1S/C20H22N4O3/c1-3-13-10-17(23(2)22-13)19(25)21-14-8-9-24(11-14)20(26)16-12-27-18-7-5-4-6-15(16)18/h4-7,10,12,14H,3,8-9,11H2,1-2H3,(H,21,25)/t14-/m1/s1. The number of carbonyl (C=O) groups excluding carboxylic acids is 2. The maximum Gasteiger partial charge on any atom is 0.269 e. The van der Waals surface area contributed by atoms with E-state index in [4.69, 9.17) is 4.42 Å². The molecule has 0 unspecified atom stereocenters. The van der Waals surface area contributed by atoms with E-state index in [9.17, 15) is 9.59 Å². The van der Waals surface area contributed by atoms with Crippen molar-refractivity contribution in [1.29, 1.82) is 0 Å². The topological polar surface area (TPSA) is 80.4 Å². The summed E-state index contributed by atoms with van der Waals surface area (Å²) in [6.45, 7) is 3.10. The third-order valence-electron chi connectivity index (χ3n) is 5.05. The van der Waals surface area contributed by atoms with E-state index in [0.717, 1.165) is 23.9 Å². The number of rotatable bonds is 4. The van der Waals surface area contributed by atoms with Gasteiger partial charge in [0.05, 0.1) is 11.3 Å². The average molecular weight is 366 g/mol. The number of para-hydroxylation sites is 1. The predicted molar refractivity (Wildman–Crippen MR) is 101 cm³/mol. The van der Waals surface area contributed by atoms with Gasteiger partial charge in [0.2, 0.25) is 0 Å². The van der Waals surface area contributed by atoms with Crippen LogP contribution in [0, 0.1) is 0 Å². The van der Waals surface area contributed by atoms with Crippen molar-refractivity contribution in [1.82, 2.24) is 20.0 Å². The molecule has 1 aliphatic rings.